The number of aromatic nitrogens is 5. The lowest BCUT2D eigenvalue weighted by Gasteiger charge is -2.27. The van der Waals surface area contributed by atoms with Crippen LogP contribution < -0.4 is 11.2 Å². The molecule has 0 aromatic carbocycles. The van der Waals surface area contributed by atoms with Crippen LogP contribution >= 0.6 is 0 Å². The van der Waals surface area contributed by atoms with Crippen molar-refractivity contribution >= 4 is 0 Å². The Kier molecular flexibility index (Phi) is 3.95. The first-order chi connectivity index (χ1) is 12.2. The van der Waals surface area contributed by atoms with Crippen molar-refractivity contribution in [2.45, 2.75) is 19.5 Å². The van der Waals surface area contributed by atoms with Crippen LogP contribution in [0.5, 0.6) is 0 Å². The molecule has 0 aliphatic carbocycles. The van der Waals surface area contributed by atoms with E-state index in [2.05, 4.69) is 29.8 Å². The summed E-state index contributed by atoms with van der Waals surface area (Å²) in [4.78, 5) is 43.0. The average molecular weight is 336 g/mol. The van der Waals surface area contributed by atoms with Gasteiger partial charge in [-0.25, -0.2) is 14.8 Å². The van der Waals surface area contributed by atoms with E-state index in [-0.39, 0.29) is 5.56 Å². The van der Waals surface area contributed by atoms with Gasteiger partial charge in [-0.1, -0.05) is 0 Å². The van der Waals surface area contributed by atoms with Gasteiger partial charge in [-0.05, 0) is 12.1 Å². The van der Waals surface area contributed by atoms with Gasteiger partial charge in [0, 0.05) is 67.5 Å². The van der Waals surface area contributed by atoms with E-state index < -0.39 is 5.69 Å². The molecule has 126 valence electrons. The van der Waals surface area contributed by atoms with Gasteiger partial charge in [-0.3, -0.25) is 19.7 Å². The average Bonchev–Trinajstić information content (AvgIpc) is 2.64. The van der Waals surface area contributed by atoms with Crippen molar-refractivity contribution in [3.05, 3.63) is 74.6 Å². The molecule has 0 unspecified atom stereocenters. The molecule has 1 aliphatic rings. The van der Waals surface area contributed by atoms with E-state index in [1.165, 1.54) is 6.20 Å². The topological polar surface area (TPSA) is 108 Å². The van der Waals surface area contributed by atoms with Gasteiger partial charge in [0.1, 0.15) is 0 Å². The predicted octanol–water partition coefficient (Wildman–Crippen LogP) is 0.474. The van der Waals surface area contributed by atoms with Gasteiger partial charge < -0.3 is 4.98 Å². The zero-order chi connectivity index (χ0) is 17.2. The van der Waals surface area contributed by atoms with E-state index in [9.17, 15) is 9.59 Å². The highest BCUT2D eigenvalue weighted by Crippen LogP contribution is 2.21. The summed E-state index contributed by atoms with van der Waals surface area (Å²) in [5, 5.41) is 0. The van der Waals surface area contributed by atoms with E-state index in [0.29, 0.717) is 24.5 Å². The van der Waals surface area contributed by atoms with Crippen LogP contribution in [0.2, 0.25) is 0 Å². The highest BCUT2D eigenvalue weighted by atomic mass is 16.2. The van der Waals surface area contributed by atoms with Crippen LogP contribution in [0.25, 0.3) is 11.4 Å². The Morgan fingerprint density at radius 3 is 2.96 bits per heavy atom. The lowest BCUT2D eigenvalue weighted by atomic mass is 10.1. The van der Waals surface area contributed by atoms with Gasteiger partial charge in [-0.2, -0.15) is 0 Å². The normalized spacial score (nSPS) is 14.2. The Morgan fingerprint density at radius 2 is 2.16 bits per heavy atom. The van der Waals surface area contributed by atoms with Crippen LogP contribution in [0.1, 0.15) is 16.8 Å². The molecule has 0 amide bonds. The van der Waals surface area contributed by atoms with Crippen LogP contribution in [0.4, 0.5) is 0 Å². The second kappa shape index (κ2) is 6.40. The van der Waals surface area contributed by atoms with Crippen molar-refractivity contribution in [1.29, 1.82) is 0 Å². The number of pyridine rings is 1. The Labute approximate surface area is 142 Å². The summed E-state index contributed by atoms with van der Waals surface area (Å²) in [6, 6.07) is 3.80. The molecule has 0 bridgehead atoms. The minimum atomic E-state index is -0.492. The molecule has 8 nitrogen and oxygen atoms in total. The standard InChI is InChI=1S/C17H16N6O2/c24-16-13(8-20-17(25)22-16)10-23-5-3-14-12(9-23)7-19-15(21-14)11-2-1-4-18-6-11/h1-2,4,6-8H,3,5,9-10H2,(H2,20,22,24,25). The number of fused-ring (bicyclic) bond motifs is 1. The third-order valence-electron chi connectivity index (χ3n) is 4.22. The third kappa shape index (κ3) is 3.24. The summed E-state index contributed by atoms with van der Waals surface area (Å²) in [5.41, 5.74) is 2.68. The number of hydrogen-bond acceptors (Lipinski definition) is 6. The van der Waals surface area contributed by atoms with Crippen LogP contribution in [0.3, 0.4) is 0 Å². The zero-order valence-corrected chi connectivity index (χ0v) is 13.4. The number of aromatic amines is 2. The van der Waals surface area contributed by atoms with E-state index >= 15 is 0 Å². The van der Waals surface area contributed by atoms with Crippen molar-refractivity contribution in [3.8, 4) is 11.4 Å². The van der Waals surface area contributed by atoms with Crippen molar-refractivity contribution < 1.29 is 0 Å². The van der Waals surface area contributed by atoms with Crippen molar-refractivity contribution in [2.75, 3.05) is 6.54 Å². The molecule has 8 heteroatoms. The molecular weight excluding hydrogens is 320 g/mol. The molecule has 4 rings (SSSR count). The fraction of sp³-hybridized carbons (Fsp3) is 0.235. The monoisotopic (exact) mass is 336 g/mol. The highest BCUT2D eigenvalue weighted by molar-refractivity contribution is 5.53. The van der Waals surface area contributed by atoms with Gasteiger partial charge in [0.15, 0.2) is 5.82 Å². The van der Waals surface area contributed by atoms with E-state index in [0.717, 1.165) is 29.8 Å². The molecule has 0 fully saturated rings. The fourth-order valence-electron chi connectivity index (χ4n) is 2.94. The summed E-state index contributed by atoms with van der Waals surface area (Å²) >= 11 is 0. The molecule has 2 N–H and O–H groups in total. The maximum absolute atomic E-state index is 11.8. The quantitative estimate of drug-likeness (QED) is 0.720. The third-order valence-corrected chi connectivity index (χ3v) is 4.22. The first kappa shape index (κ1) is 15.4. The largest absolute Gasteiger partial charge is 0.325 e. The van der Waals surface area contributed by atoms with Gasteiger partial charge in [0.05, 0.1) is 5.69 Å². The maximum Gasteiger partial charge on any atom is 0.325 e. The first-order valence-corrected chi connectivity index (χ1v) is 7.97. The molecule has 0 radical (unpaired) electrons. The Morgan fingerprint density at radius 1 is 1.24 bits per heavy atom. The number of nitrogens with one attached hydrogen (secondary N) is 2. The summed E-state index contributed by atoms with van der Waals surface area (Å²) in [7, 11) is 0. The summed E-state index contributed by atoms with van der Waals surface area (Å²) in [6.07, 6.45) is 7.57. The van der Waals surface area contributed by atoms with Crippen molar-refractivity contribution in [3.63, 3.8) is 0 Å². The lowest BCUT2D eigenvalue weighted by Crippen LogP contribution is -2.34. The van der Waals surface area contributed by atoms with E-state index in [1.807, 2.05) is 18.3 Å². The molecule has 0 saturated carbocycles. The molecule has 3 aromatic heterocycles. The molecule has 25 heavy (non-hydrogen) atoms. The molecule has 0 saturated heterocycles. The summed E-state index contributed by atoms with van der Waals surface area (Å²) in [5.74, 6) is 0.678. The van der Waals surface area contributed by atoms with Gasteiger partial charge in [0.25, 0.3) is 5.56 Å². The highest BCUT2D eigenvalue weighted by Gasteiger charge is 2.19. The van der Waals surface area contributed by atoms with Crippen LogP contribution in [0.15, 0.2) is 46.5 Å². The van der Waals surface area contributed by atoms with Gasteiger partial charge in [0.2, 0.25) is 0 Å². The SMILES string of the molecule is O=c1[nH]cc(CN2CCc3nc(-c4cccnc4)ncc3C2)c(=O)[nH]1. The number of hydrogen-bond donors (Lipinski definition) is 2. The molecule has 0 atom stereocenters. The van der Waals surface area contributed by atoms with Crippen molar-refractivity contribution in [2.24, 2.45) is 0 Å². The second-order valence-corrected chi connectivity index (χ2v) is 5.97. The Bertz CT molecular complexity index is 1010. The minimum Gasteiger partial charge on any atom is -0.314 e. The van der Waals surface area contributed by atoms with Gasteiger partial charge in [-0.15, -0.1) is 0 Å². The molecule has 0 spiro atoms. The Balaban J connectivity index is 1.54. The maximum atomic E-state index is 11.8. The first-order valence-electron chi connectivity index (χ1n) is 7.97. The van der Waals surface area contributed by atoms with E-state index in [4.69, 9.17) is 0 Å². The fourth-order valence-corrected chi connectivity index (χ4v) is 2.94. The second-order valence-electron chi connectivity index (χ2n) is 5.97. The van der Waals surface area contributed by atoms with E-state index in [1.54, 1.807) is 12.4 Å². The van der Waals surface area contributed by atoms with Crippen LogP contribution in [-0.2, 0) is 19.5 Å². The molecular formula is C17H16N6O2. The molecule has 1 aliphatic heterocycles. The summed E-state index contributed by atoms with van der Waals surface area (Å²) in [6.45, 7) is 1.92. The van der Waals surface area contributed by atoms with Crippen LogP contribution in [0, 0.1) is 0 Å². The minimum absolute atomic E-state index is 0.349. The number of H-pyrrole nitrogens is 2. The predicted molar refractivity (Wildman–Crippen MR) is 90.8 cm³/mol. The smallest absolute Gasteiger partial charge is 0.314 e. The zero-order valence-electron chi connectivity index (χ0n) is 13.4. The lowest BCUT2D eigenvalue weighted by molar-refractivity contribution is 0.241. The van der Waals surface area contributed by atoms with Gasteiger partial charge >= 0.3 is 5.69 Å². The van der Waals surface area contributed by atoms with Crippen molar-refractivity contribution in [1.82, 2.24) is 29.8 Å². The van der Waals surface area contributed by atoms with Crippen LogP contribution in [-0.4, -0.2) is 36.4 Å². The number of nitrogens with zero attached hydrogens (tertiary/aromatic N) is 4. The Hall–Kier alpha value is -3.13. The number of rotatable bonds is 3. The molecule has 3 aromatic rings. The summed E-state index contributed by atoms with van der Waals surface area (Å²) < 4.78 is 0. The molecule has 4 heterocycles.